The van der Waals surface area contributed by atoms with Crippen LogP contribution < -0.4 is 9.47 Å². The summed E-state index contributed by atoms with van der Waals surface area (Å²) in [7, 11) is 3.23. The van der Waals surface area contributed by atoms with Gasteiger partial charge in [-0.15, -0.1) is 22.7 Å². The molecule has 0 aliphatic carbocycles. The van der Waals surface area contributed by atoms with Crippen LogP contribution in [0.25, 0.3) is 20.2 Å². The summed E-state index contributed by atoms with van der Waals surface area (Å²) in [4.78, 5) is 40.4. The van der Waals surface area contributed by atoms with Gasteiger partial charge in [-0.05, 0) is 37.1 Å². The van der Waals surface area contributed by atoms with Crippen LogP contribution in [-0.4, -0.2) is 104 Å². The highest BCUT2D eigenvalue weighted by Crippen LogP contribution is 2.47. The predicted molar refractivity (Wildman–Crippen MR) is 170 cm³/mol. The molecular weight excluding hydrogens is 626 g/mol. The number of nitro benzene ring substituents is 1. The highest BCUT2D eigenvalue weighted by molar-refractivity contribution is 7.21. The third-order valence-corrected chi connectivity index (χ3v) is 10.3. The number of hydrogen-bond acceptors (Lipinski definition) is 12. The first-order valence-corrected chi connectivity index (χ1v) is 15.7. The average molecular weight is 660 g/mol. The molecule has 0 bridgehead atoms. The van der Waals surface area contributed by atoms with Crippen LogP contribution in [0.5, 0.6) is 23.0 Å². The maximum Gasteiger partial charge on any atom is 0.332 e. The van der Waals surface area contributed by atoms with Crippen LogP contribution in [0.1, 0.15) is 30.5 Å². The van der Waals surface area contributed by atoms with E-state index in [2.05, 4.69) is 0 Å². The van der Waals surface area contributed by atoms with Crippen molar-refractivity contribution in [1.29, 1.82) is 0 Å². The largest absolute Gasteiger partial charge is 0.504 e. The number of carbonyl (C=O) groups is 2. The summed E-state index contributed by atoms with van der Waals surface area (Å²) >= 11 is 2.47. The number of morpholine rings is 2. The number of benzene rings is 2. The second-order valence-electron chi connectivity index (χ2n) is 10.4. The molecule has 0 unspecified atom stereocenters. The Hall–Kier alpha value is -4.18. The number of phenols is 2. The molecule has 45 heavy (non-hydrogen) atoms. The molecule has 2 saturated heterocycles. The molecule has 15 heteroatoms. The third kappa shape index (κ3) is 6.20. The summed E-state index contributed by atoms with van der Waals surface area (Å²) in [6, 6.07) is 5.12. The van der Waals surface area contributed by atoms with Crippen LogP contribution in [0.3, 0.4) is 0 Å². The van der Waals surface area contributed by atoms with Crippen molar-refractivity contribution in [2.75, 3.05) is 66.8 Å². The Kier molecular flexibility index (Phi) is 9.62. The molecule has 0 radical (unpaired) electrons. The zero-order valence-corrected chi connectivity index (χ0v) is 26.8. The lowest BCUT2D eigenvalue weighted by Gasteiger charge is -2.26. The molecule has 2 aliphatic rings. The molecule has 2 aliphatic heterocycles. The standard InChI is InChI=1S/C16H19NO4S.C14H14N2O6S/c1-10-11-8-12(19-2)13(20-3)9-14(11)22-15(10)16(18)17-4-6-21-7-5-17;1-7-8-6-9(17)11(18)10(16(20)21)13(8)23-12(7)14(19)15-2-4-22-5-3-15/h8-9H,4-7H2,1-3H3;6,17-18H,2-5H2,1H3. The second kappa shape index (κ2) is 13.4. The fourth-order valence-electron chi connectivity index (χ4n) is 5.25. The number of methoxy groups -OCH3 is 2. The van der Waals surface area contributed by atoms with Crippen molar-refractivity contribution < 1.29 is 43.7 Å². The molecule has 4 aromatic rings. The van der Waals surface area contributed by atoms with E-state index in [9.17, 15) is 29.9 Å². The SMILES string of the molecule is COc1cc2sc(C(=O)N3CCOCC3)c(C)c2cc1OC.Cc1c(C(=O)N2CCOCC2)sc2c([N+](=O)[O-])c(O)c(O)cc12. The molecule has 2 N–H and O–H groups in total. The van der Waals surface area contributed by atoms with E-state index in [-0.39, 0.29) is 16.5 Å². The van der Waals surface area contributed by atoms with Crippen LogP contribution >= 0.6 is 22.7 Å². The first-order valence-electron chi connectivity index (χ1n) is 14.1. The molecule has 2 aromatic heterocycles. The normalized spacial score (nSPS) is 15.1. The Balaban J connectivity index is 0.000000178. The topological polar surface area (TPSA) is 161 Å². The van der Waals surface area contributed by atoms with Gasteiger partial charge in [0.05, 0.1) is 55.3 Å². The van der Waals surface area contributed by atoms with Crippen molar-refractivity contribution in [3.8, 4) is 23.0 Å². The highest BCUT2D eigenvalue weighted by Gasteiger charge is 2.30. The van der Waals surface area contributed by atoms with E-state index in [4.69, 9.17) is 18.9 Å². The molecule has 0 saturated carbocycles. The lowest BCUT2D eigenvalue weighted by molar-refractivity contribution is -0.383. The van der Waals surface area contributed by atoms with Crippen LogP contribution in [0.4, 0.5) is 5.69 Å². The Labute approximate surface area is 266 Å². The fraction of sp³-hybridized carbons (Fsp3) is 0.400. The van der Waals surface area contributed by atoms with E-state index in [1.807, 2.05) is 24.0 Å². The highest BCUT2D eigenvalue weighted by atomic mass is 32.1. The van der Waals surface area contributed by atoms with Crippen LogP contribution in [0.2, 0.25) is 0 Å². The van der Waals surface area contributed by atoms with Gasteiger partial charge in [-0.25, -0.2) is 0 Å². The van der Waals surface area contributed by atoms with Crippen molar-refractivity contribution in [3.05, 3.63) is 49.2 Å². The van der Waals surface area contributed by atoms with E-state index >= 15 is 0 Å². The number of hydrogen-bond donors (Lipinski definition) is 2. The van der Waals surface area contributed by atoms with Gasteiger partial charge in [-0.1, -0.05) is 0 Å². The number of fused-ring (bicyclic) bond motifs is 2. The Morgan fingerprint density at radius 1 is 0.822 bits per heavy atom. The van der Waals surface area contributed by atoms with Crippen molar-refractivity contribution in [2.24, 2.45) is 0 Å². The van der Waals surface area contributed by atoms with Crippen molar-refractivity contribution >= 4 is 60.3 Å². The Bertz CT molecular complexity index is 1770. The molecule has 0 spiro atoms. The quantitative estimate of drug-likeness (QED) is 0.175. The first-order chi connectivity index (χ1) is 21.6. The van der Waals surface area contributed by atoms with Crippen LogP contribution in [0.15, 0.2) is 18.2 Å². The zero-order valence-electron chi connectivity index (χ0n) is 25.2. The van der Waals surface area contributed by atoms with Crippen molar-refractivity contribution in [2.45, 2.75) is 13.8 Å². The number of rotatable bonds is 5. The molecule has 4 heterocycles. The number of amides is 2. The van der Waals surface area contributed by atoms with Gasteiger partial charge >= 0.3 is 5.69 Å². The molecule has 2 aromatic carbocycles. The molecule has 6 rings (SSSR count). The van der Waals surface area contributed by atoms with Gasteiger partial charge in [-0.2, -0.15) is 0 Å². The molecule has 240 valence electrons. The number of ether oxygens (including phenoxy) is 4. The van der Waals surface area contributed by atoms with Gasteiger partial charge in [0, 0.05) is 47.7 Å². The maximum absolute atomic E-state index is 12.7. The van der Waals surface area contributed by atoms with Crippen molar-refractivity contribution in [1.82, 2.24) is 9.80 Å². The minimum Gasteiger partial charge on any atom is -0.504 e. The number of nitro groups is 1. The predicted octanol–water partition coefficient (Wildman–Crippen LogP) is 4.70. The van der Waals surface area contributed by atoms with Crippen molar-refractivity contribution in [3.63, 3.8) is 0 Å². The lowest BCUT2D eigenvalue weighted by atomic mass is 10.1. The van der Waals surface area contributed by atoms with E-state index < -0.39 is 22.1 Å². The lowest BCUT2D eigenvalue weighted by Crippen LogP contribution is -2.40. The Morgan fingerprint density at radius 2 is 1.31 bits per heavy atom. The number of carbonyl (C=O) groups excluding carboxylic acids is 2. The van der Waals surface area contributed by atoms with E-state index in [0.29, 0.717) is 79.9 Å². The summed E-state index contributed by atoms with van der Waals surface area (Å²) in [6.45, 7) is 8.02. The molecule has 2 fully saturated rings. The summed E-state index contributed by atoms with van der Waals surface area (Å²) in [6.07, 6.45) is 0. The van der Waals surface area contributed by atoms with Gasteiger partial charge in [0.2, 0.25) is 5.75 Å². The van der Waals surface area contributed by atoms with Gasteiger partial charge in [-0.3, -0.25) is 19.7 Å². The summed E-state index contributed by atoms with van der Waals surface area (Å²) in [5.41, 5.74) is 0.978. The van der Waals surface area contributed by atoms with Crippen LogP contribution in [-0.2, 0) is 9.47 Å². The summed E-state index contributed by atoms with van der Waals surface area (Å²) < 4.78 is 22.4. The minimum absolute atomic E-state index is 0.0833. The number of thiophene rings is 2. The first kappa shape index (κ1) is 32.2. The third-order valence-electron chi connectivity index (χ3n) is 7.77. The average Bonchev–Trinajstić information content (AvgIpc) is 3.56. The monoisotopic (exact) mass is 659 g/mol. The molecule has 2 amide bonds. The molecular formula is C30H33N3O10S2. The molecule has 0 atom stereocenters. The van der Waals surface area contributed by atoms with E-state index in [1.54, 1.807) is 26.0 Å². The minimum atomic E-state index is -0.783. The Morgan fingerprint density at radius 3 is 1.82 bits per heavy atom. The van der Waals surface area contributed by atoms with E-state index in [0.717, 1.165) is 31.9 Å². The van der Waals surface area contributed by atoms with Gasteiger partial charge in [0.15, 0.2) is 17.2 Å². The molecule has 13 nitrogen and oxygen atoms in total. The summed E-state index contributed by atoms with van der Waals surface area (Å²) in [5.74, 6) is -0.132. The number of aryl methyl sites for hydroxylation is 2. The smallest absolute Gasteiger partial charge is 0.332 e. The van der Waals surface area contributed by atoms with Gasteiger partial charge in [0.25, 0.3) is 11.8 Å². The number of phenolic OH excluding ortho intramolecular Hbond substituents is 2. The van der Waals surface area contributed by atoms with Gasteiger partial charge in [0.1, 0.15) is 4.70 Å². The summed E-state index contributed by atoms with van der Waals surface area (Å²) in [5, 5.41) is 32.1. The van der Waals surface area contributed by atoms with Crippen LogP contribution in [0, 0.1) is 24.0 Å². The fourth-order valence-corrected chi connectivity index (χ4v) is 7.71. The number of aromatic hydroxyl groups is 2. The number of nitrogens with zero attached hydrogens (tertiary/aromatic N) is 3. The second-order valence-corrected chi connectivity index (χ2v) is 12.4. The van der Waals surface area contributed by atoms with E-state index in [1.165, 1.54) is 17.4 Å². The zero-order chi connectivity index (χ0) is 32.4. The maximum atomic E-state index is 12.7. The van der Waals surface area contributed by atoms with Gasteiger partial charge < -0.3 is 39.0 Å².